The van der Waals surface area contributed by atoms with Gasteiger partial charge in [0.1, 0.15) is 0 Å². The molecule has 1 amide bonds. The molecule has 156 valence electrons. The van der Waals surface area contributed by atoms with Gasteiger partial charge in [0.2, 0.25) is 0 Å². The second-order valence-electron chi connectivity index (χ2n) is 6.13. The smallest absolute Gasteiger partial charge is 0.264 e. The number of nitrogens with one attached hydrogen (secondary N) is 1. The number of hydrogen-bond donors (Lipinski definition) is 1. The van der Waals surface area contributed by atoms with Crippen molar-refractivity contribution in [2.24, 2.45) is 0 Å². The summed E-state index contributed by atoms with van der Waals surface area (Å²) in [7, 11) is -2.70. The van der Waals surface area contributed by atoms with Crippen LogP contribution in [0, 0.1) is 17.5 Å². The second kappa shape index (κ2) is 8.37. The van der Waals surface area contributed by atoms with Crippen molar-refractivity contribution in [2.75, 3.05) is 16.7 Å². The molecule has 0 heterocycles. The summed E-state index contributed by atoms with van der Waals surface area (Å²) in [6.45, 7) is 0. The molecule has 0 aliphatic rings. The van der Waals surface area contributed by atoms with E-state index in [0.29, 0.717) is 11.8 Å². The average molecular weight is 455 g/mol. The van der Waals surface area contributed by atoms with E-state index in [1.807, 2.05) is 0 Å². The van der Waals surface area contributed by atoms with Gasteiger partial charge in [-0.15, -0.1) is 0 Å². The molecule has 0 aromatic heterocycles. The molecule has 0 bridgehead atoms. The molecule has 0 unspecified atom stereocenters. The summed E-state index contributed by atoms with van der Waals surface area (Å²) >= 11 is 6.00. The summed E-state index contributed by atoms with van der Waals surface area (Å²) in [5.41, 5.74) is -0.518. The van der Waals surface area contributed by atoms with Gasteiger partial charge in [0.25, 0.3) is 15.9 Å². The highest BCUT2D eigenvalue weighted by Crippen LogP contribution is 2.27. The third-order valence-corrected chi connectivity index (χ3v) is 6.36. The second-order valence-corrected chi connectivity index (χ2v) is 8.50. The van der Waals surface area contributed by atoms with Gasteiger partial charge in [0.05, 0.1) is 26.9 Å². The minimum atomic E-state index is -4.05. The van der Waals surface area contributed by atoms with E-state index in [1.165, 1.54) is 19.2 Å². The first-order chi connectivity index (χ1) is 14.1. The van der Waals surface area contributed by atoms with Crippen LogP contribution < -0.4 is 9.62 Å². The molecule has 10 heteroatoms. The Labute approximate surface area is 175 Å². The number of benzene rings is 3. The zero-order valence-electron chi connectivity index (χ0n) is 15.4. The van der Waals surface area contributed by atoms with E-state index in [9.17, 15) is 26.4 Å². The predicted molar refractivity (Wildman–Crippen MR) is 108 cm³/mol. The summed E-state index contributed by atoms with van der Waals surface area (Å²) in [5.74, 6) is -5.75. The zero-order chi connectivity index (χ0) is 22.1. The molecule has 1 N–H and O–H groups in total. The number of anilines is 2. The Balaban J connectivity index is 1.95. The Morgan fingerprint density at radius 1 is 0.967 bits per heavy atom. The van der Waals surface area contributed by atoms with E-state index in [-0.39, 0.29) is 15.5 Å². The predicted octanol–water partition coefficient (Wildman–Crippen LogP) is 4.83. The van der Waals surface area contributed by atoms with Gasteiger partial charge in [-0.05, 0) is 42.5 Å². The summed E-state index contributed by atoms with van der Waals surface area (Å²) < 4.78 is 67.1. The van der Waals surface area contributed by atoms with Crippen molar-refractivity contribution in [3.05, 3.63) is 88.7 Å². The van der Waals surface area contributed by atoms with Crippen LogP contribution in [-0.4, -0.2) is 21.4 Å². The largest absolute Gasteiger partial charge is 0.319 e. The van der Waals surface area contributed by atoms with E-state index in [1.54, 1.807) is 30.3 Å². The van der Waals surface area contributed by atoms with Crippen LogP contribution in [0.5, 0.6) is 0 Å². The van der Waals surface area contributed by atoms with Gasteiger partial charge in [-0.3, -0.25) is 9.10 Å². The van der Waals surface area contributed by atoms with Gasteiger partial charge in [-0.25, -0.2) is 21.6 Å². The zero-order valence-corrected chi connectivity index (χ0v) is 16.9. The minimum absolute atomic E-state index is 0.114. The number of rotatable bonds is 5. The van der Waals surface area contributed by atoms with Crippen LogP contribution in [0.4, 0.5) is 24.5 Å². The van der Waals surface area contributed by atoms with Crippen molar-refractivity contribution in [3.63, 3.8) is 0 Å². The molecule has 0 aliphatic heterocycles. The lowest BCUT2D eigenvalue weighted by molar-refractivity contribution is 0.102. The molecule has 0 saturated carbocycles. The SMILES string of the molecule is CN(c1ccccc1)S(=O)(=O)c1ccc(Cl)c(C(=O)Nc2ccc(F)c(F)c2F)c1. The van der Waals surface area contributed by atoms with Crippen molar-refractivity contribution in [2.45, 2.75) is 4.90 Å². The van der Waals surface area contributed by atoms with Crippen molar-refractivity contribution >= 4 is 38.9 Å². The number of halogens is 4. The lowest BCUT2D eigenvalue weighted by atomic mass is 10.2. The van der Waals surface area contributed by atoms with Gasteiger partial charge in [-0.1, -0.05) is 29.8 Å². The van der Waals surface area contributed by atoms with Crippen molar-refractivity contribution < 1.29 is 26.4 Å². The lowest BCUT2D eigenvalue weighted by Gasteiger charge is -2.20. The summed E-state index contributed by atoms with van der Waals surface area (Å²) in [6, 6.07) is 13.2. The average Bonchev–Trinajstić information content (AvgIpc) is 2.74. The number of carbonyl (C=O) groups excluding carboxylic acids is 1. The van der Waals surface area contributed by atoms with Gasteiger partial charge in [0.15, 0.2) is 17.5 Å². The van der Waals surface area contributed by atoms with Crippen molar-refractivity contribution in [1.29, 1.82) is 0 Å². The van der Waals surface area contributed by atoms with Crippen LogP contribution in [0.2, 0.25) is 5.02 Å². The van der Waals surface area contributed by atoms with Gasteiger partial charge >= 0.3 is 0 Å². The molecule has 0 spiro atoms. The lowest BCUT2D eigenvalue weighted by Crippen LogP contribution is -2.27. The molecular formula is C20H14ClF3N2O3S. The molecule has 0 fully saturated rings. The monoisotopic (exact) mass is 454 g/mol. The van der Waals surface area contributed by atoms with Crippen LogP contribution >= 0.6 is 11.6 Å². The van der Waals surface area contributed by atoms with Crippen LogP contribution in [0.1, 0.15) is 10.4 Å². The van der Waals surface area contributed by atoms with E-state index in [2.05, 4.69) is 5.32 Å². The third kappa shape index (κ3) is 4.12. The van der Waals surface area contributed by atoms with Crippen molar-refractivity contribution in [3.8, 4) is 0 Å². The fraction of sp³-hybridized carbons (Fsp3) is 0.0500. The maximum atomic E-state index is 13.8. The summed E-state index contributed by atoms with van der Waals surface area (Å²) in [6.07, 6.45) is 0. The standard InChI is InChI=1S/C20H14ClF3N2O3S/c1-26(12-5-3-2-4-6-12)30(28,29)13-7-8-15(21)14(11-13)20(27)25-17-10-9-16(22)18(23)19(17)24/h2-11H,1H3,(H,25,27). The Morgan fingerprint density at radius 3 is 2.30 bits per heavy atom. The molecule has 3 aromatic rings. The van der Waals surface area contributed by atoms with Crippen LogP contribution in [-0.2, 0) is 10.0 Å². The maximum Gasteiger partial charge on any atom is 0.264 e. The number of sulfonamides is 1. The number of hydrogen-bond acceptors (Lipinski definition) is 3. The topological polar surface area (TPSA) is 66.5 Å². The highest BCUT2D eigenvalue weighted by molar-refractivity contribution is 7.92. The molecule has 3 aromatic carbocycles. The number of amides is 1. The quantitative estimate of drug-likeness (QED) is 0.561. The number of nitrogens with zero attached hydrogens (tertiary/aromatic N) is 1. The molecule has 0 atom stereocenters. The Kier molecular flexibility index (Phi) is 6.04. The molecule has 30 heavy (non-hydrogen) atoms. The molecule has 3 rings (SSSR count). The fourth-order valence-corrected chi connectivity index (χ4v) is 4.01. The summed E-state index contributed by atoms with van der Waals surface area (Å²) in [5, 5.41) is 1.95. The molecule has 0 radical (unpaired) electrons. The highest BCUT2D eigenvalue weighted by Gasteiger charge is 2.24. The molecule has 0 aliphatic carbocycles. The first-order valence-electron chi connectivity index (χ1n) is 8.41. The first-order valence-corrected chi connectivity index (χ1v) is 10.2. The fourth-order valence-electron chi connectivity index (χ4n) is 2.59. The Bertz CT molecular complexity index is 1220. The normalized spacial score (nSPS) is 11.2. The molecule has 0 saturated heterocycles. The number of para-hydroxylation sites is 1. The third-order valence-electron chi connectivity index (χ3n) is 4.24. The van der Waals surface area contributed by atoms with Crippen LogP contribution in [0.25, 0.3) is 0 Å². The van der Waals surface area contributed by atoms with Gasteiger partial charge in [0, 0.05) is 7.05 Å². The Hall–Kier alpha value is -3.04. The molecular weight excluding hydrogens is 441 g/mol. The van der Waals surface area contributed by atoms with E-state index in [4.69, 9.17) is 11.6 Å². The number of carbonyl (C=O) groups is 1. The summed E-state index contributed by atoms with van der Waals surface area (Å²) in [4.78, 5) is 12.3. The van der Waals surface area contributed by atoms with E-state index in [0.717, 1.165) is 16.4 Å². The maximum absolute atomic E-state index is 13.8. The van der Waals surface area contributed by atoms with Gasteiger partial charge < -0.3 is 5.32 Å². The van der Waals surface area contributed by atoms with Crippen LogP contribution in [0.15, 0.2) is 65.6 Å². The minimum Gasteiger partial charge on any atom is -0.319 e. The van der Waals surface area contributed by atoms with E-state index < -0.39 is 39.1 Å². The first kappa shape index (κ1) is 21.7. The molecule has 5 nitrogen and oxygen atoms in total. The Morgan fingerprint density at radius 2 is 1.63 bits per heavy atom. The van der Waals surface area contributed by atoms with Crippen molar-refractivity contribution in [1.82, 2.24) is 0 Å². The van der Waals surface area contributed by atoms with Gasteiger partial charge in [-0.2, -0.15) is 0 Å². The van der Waals surface area contributed by atoms with E-state index >= 15 is 0 Å². The van der Waals surface area contributed by atoms with Crippen LogP contribution in [0.3, 0.4) is 0 Å². The highest BCUT2D eigenvalue weighted by atomic mass is 35.5.